The summed E-state index contributed by atoms with van der Waals surface area (Å²) < 4.78 is 6.87. The molecular formula is C15H23N5O. The van der Waals surface area contributed by atoms with Crippen LogP contribution in [0.2, 0.25) is 0 Å². The summed E-state index contributed by atoms with van der Waals surface area (Å²) in [5.74, 6) is 1.71. The molecule has 2 aromatic rings. The Morgan fingerprint density at radius 3 is 2.86 bits per heavy atom. The molecule has 114 valence electrons. The number of nitrogens with zero attached hydrogens (tertiary/aromatic N) is 4. The second kappa shape index (κ2) is 7.73. The zero-order valence-corrected chi connectivity index (χ0v) is 13.0. The van der Waals surface area contributed by atoms with E-state index in [0.29, 0.717) is 0 Å². The number of aromatic nitrogens is 4. The number of hydrogen-bond acceptors (Lipinski definition) is 5. The van der Waals surface area contributed by atoms with Crippen LogP contribution in [0.1, 0.15) is 25.6 Å². The standard InChI is InChI=1S/C15H23N5O/c1-4-7-16-15-9-13(12-10-17-20(2)11-12)18-14(19-15)6-5-8-21-3/h9-11H,4-8H2,1-3H3,(H,16,18,19). The molecule has 2 rings (SSSR count). The molecule has 1 N–H and O–H groups in total. The minimum Gasteiger partial charge on any atom is -0.385 e. The predicted octanol–water partition coefficient (Wildman–Crippen LogP) is 2.28. The van der Waals surface area contributed by atoms with E-state index in [1.165, 1.54) is 0 Å². The van der Waals surface area contributed by atoms with Gasteiger partial charge in [0.05, 0.1) is 11.9 Å². The fourth-order valence-corrected chi connectivity index (χ4v) is 2.03. The molecule has 0 radical (unpaired) electrons. The summed E-state index contributed by atoms with van der Waals surface area (Å²) in [6, 6.07) is 1.98. The van der Waals surface area contributed by atoms with E-state index in [1.54, 1.807) is 11.8 Å². The highest BCUT2D eigenvalue weighted by molar-refractivity contribution is 5.60. The van der Waals surface area contributed by atoms with Crippen LogP contribution < -0.4 is 5.32 Å². The summed E-state index contributed by atoms with van der Waals surface area (Å²) >= 11 is 0. The fourth-order valence-electron chi connectivity index (χ4n) is 2.03. The third-order valence-electron chi connectivity index (χ3n) is 3.08. The van der Waals surface area contributed by atoms with Crippen LogP contribution in [0.3, 0.4) is 0 Å². The van der Waals surface area contributed by atoms with Crippen molar-refractivity contribution in [3.05, 3.63) is 24.3 Å². The first-order chi connectivity index (χ1) is 10.2. The largest absolute Gasteiger partial charge is 0.385 e. The van der Waals surface area contributed by atoms with Crippen molar-refractivity contribution in [1.82, 2.24) is 19.7 Å². The Kier molecular flexibility index (Phi) is 5.68. The van der Waals surface area contributed by atoms with Crippen LogP contribution in [-0.4, -0.2) is 40.0 Å². The SMILES string of the molecule is CCCNc1cc(-c2cnn(C)c2)nc(CCCOC)n1. The van der Waals surface area contributed by atoms with Crippen LogP contribution in [0.4, 0.5) is 5.82 Å². The van der Waals surface area contributed by atoms with Crippen molar-refractivity contribution >= 4 is 5.82 Å². The molecule has 2 heterocycles. The van der Waals surface area contributed by atoms with Crippen molar-refractivity contribution in [3.63, 3.8) is 0 Å². The molecule has 0 aliphatic carbocycles. The van der Waals surface area contributed by atoms with E-state index in [2.05, 4.69) is 27.3 Å². The monoisotopic (exact) mass is 289 g/mol. The topological polar surface area (TPSA) is 64.9 Å². The van der Waals surface area contributed by atoms with Gasteiger partial charge in [-0.3, -0.25) is 4.68 Å². The van der Waals surface area contributed by atoms with Crippen LogP contribution in [0.25, 0.3) is 11.3 Å². The Hall–Kier alpha value is -1.95. The Balaban J connectivity index is 2.23. The highest BCUT2D eigenvalue weighted by Crippen LogP contribution is 2.19. The van der Waals surface area contributed by atoms with Gasteiger partial charge in [0.1, 0.15) is 11.6 Å². The number of aryl methyl sites for hydroxylation is 2. The molecule has 0 fully saturated rings. The third-order valence-corrected chi connectivity index (χ3v) is 3.08. The average molecular weight is 289 g/mol. The minimum absolute atomic E-state index is 0.720. The van der Waals surface area contributed by atoms with Crippen LogP contribution in [-0.2, 0) is 18.2 Å². The zero-order chi connectivity index (χ0) is 15.1. The first kappa shape index (κ1) is 15.4. The second-order valence-corrected chi connectivity index (χ2v) is 4.98. The molecular weight excluding hydrogens is 266 g/mol. The summed E-state index contributed by atoms with van der Waals surface area (Å²) in [6.07, 6.45) is 6.57. The molecule has 0 amide bonds. The summed E-state index contributed by atoms with van der Waals surface area (Å²) in [5.41, 5.74) is 1.91. The van der Waals surface area contributed by atoms with E-state index in [4.69, 9.17) is 4.74 Å². The molecule has 0 aliphatic rings. The molecule has 0 aromatic carbocycles. The molecule has 0 saturated heterocycles. The van der Waals surface area contributed by atoms with Gasteiger partial charge in [0, 0.05) is 51.6 Å². The predicted molar refractivity (Wildman–Crippen MR) is 83.2 cm³/mol. The van der Waals surface area contributed by atoms with Crippen molar-refractivity contribution in [3.8, 4) is 11.3 Å². The van der Waals surface area contributed by atoms with Crippen LogP contribution in [0.5, 0.6) is 0 Å². The van der Waals surface area contributed by atoms with Crippen LogP contribution in [0.15, 0.2) is 18.5 Å². The first-order valence-corrected chi connectivity index (χ1v) is 7.32. The highest BCUT2D eigenvalue weighted by Gasteiger charge is 2.08. The second-order valence-electron chi connectivity index (χ2n) is 4.98. The summed E-state index contributed by atoms with van der Waals surface area (Å²) in [4.78, 5) is 9.21. The van der Waals surface area contributed by atoms with E-state index in [-0.39, 0.29) is 0 Å². The van der Waals surface area contributed by atoms with Gasteiger partial charge in [-0.2, -0.15) is 5.10 Å². The summed E-state index contributed by atoms with van der Waals surface area (Å²) in [5, 5.41) is 7.54. The van der Waals surface area contributed by atoms with Gasteiger partial charge in [0.2, 0.25) is 0 Å². The lowest BCUT2D eigenvalue weighted by atomic mass is 10.2. The number of ether oxygens (including phenoxy) is 1. The van der Waals surface area contributed by atoms with Crippen molar-refractivity contribution in [2.45, 2.75) is 26.2 Å². The summed E-state index contributed by atoms with van der Waals surface area (Å²) in [6.45, 7) is 3.76. The number of nitrogens with one attached hydrogen (secondary N) is 1. The molecule has 0 saturated carbocycles. The van der Waals surface area contributed by atoms with E-state index in [1.807, 2.05) is 25.5 Å². The van der Waals surface area contributed by atoms with Crippen molar-refractivity contribution in [1.29, 1.82) is 0 Å². The molecule has 0 aliphatic heterocycles. The number of rotatable bonds is 8. The lowest BCUT2D eigenvalue weighted by Crippen LogP contribution is -2.07. The Labute approximate surface area is 125 Å². The van der Waals surface area contributed by atoms with Gasteiger partial charge in [-0.05, 0) is 12.8 Å². The number of methoxy groups -OCH3 is 1. The van der Waals surface area contributed by atoms with E-state index < -0.39 is 0 Å². The number of anilines is 1. The smallest absolute Gasteiger partial charge is 0.131 e. The van der Waals surface area contributed by atoms with E-state index >= 15 is 0 Å². The van der Waals surface area contributed by atoms with Gasteiger partial charge < -0.3 is 10.1 Å². The molecule has 0 atom stereocenters. The van der Waals surface area contributed by atoms with Gasteiger partial charge in [0.25, 0.3) is 0 Å². The third kappa shape index (κ3) is 4.53. The Morgan fingerprint density at radius 2 is 2.19 bits per heavy atom. The van der Waals surface area contributed by atoms with Gasteiger partial charge in [-0.1, -0.05) is 6.92 Å². The van der Waals surface area contributed by atoms with E-state index in [0.717, 1.165) is 55.3 Å². The first-order valence-electron chi connectivity index (χ1n) is 7.32. The minimum atomic E-state index is 0.720. The molecule has 0 bridgehead atoms. The zero-order valence-electron chi connectivity index (χ0n) is 13.0. The molecule has 21 heavy (non-hydrogen) atoms. The Bertz CT molecular complexity index is 567. The lowest BCUT2D eigenvalue weighted by molar-refractivity contribution is 0.194. The van der Waals surface area contributed by atoms with Crippen LogP contribution in [0, 0.1) is 0 Å². The van der Waals surface area contributed by atoms with Gasteiger partial charge in [-0.15, -0.1) is 0 Å². The quantitative estimate of drug-likeness (QED) is 0.755. The highest BCUT2D eigenvalue weighted by atomic mass is 16.5. The van der Waals surface area contributed by atoms with Crippen LogP contribution >= 0.6 is 0 Å². The maximum Gasteiger partial charge on any atom is 0.131 e. The fraction of sp³-hybridized carbons (Fsp3) is 0.533. The lowest BCUT2D eigenvalue weighted by Gasteiger charge is -2.08. The number of hydrogen-bond donors (Lipinski definition) is 1. The Morgan fingerprint density at radius 1 is 1.33 bits per heavy atom. The van der Waals surface area contributed by atoms with E-state index in [9.17, 15) is 0 Å². The normalized spacial score (nSPS) is 10.8. The van der Waals surface area contributed by atoms with Gasteiger partial charge >= 0.3 is 0 Å². The molecule has 6 nitrogen and oxygen atoms in total. The maximum atomic E-state index is 5.09. The maximum absolute atomic E-state index is 5.09. The van der Waals surface area contributed by atoms with Gasteiger partial charge in [0.15, 0.2) is 0 Å². The van der Waals surface area contributed by atoms with Crippen molar-refractivity contribution in [2.75, 3.05) is 25.6 Å². The van der Waals surface area contributed by atoms with Crippen molar-refractivity contribution < 1.29 is 4.74 Å². The molecule has 0 unspecified atom stereocenters. The van der Waals surface area contributed by atoms with Gasteiger partial charge in [-0.25, -0.2) is 9.97 Å². The van der Waals surface area contributed by atoms with Crippen molar-refractivity contribution in [2.24, 2.45) is 7.05 Å². The molecule has 2 aromatic heterocycles. The average Bonchev–Trinajstić information content (AvgIpc) is 2.92. The molecule has 6 heteroatoms. The summed E-state index contributed by atoms with van der Waals surface area (Å²) in [7, 11) is 3.61. The molecule has 0 spiro atoms.